The summed E-state index contributed by atoms with van der Waals surface area (Å²) in [5.74, 6) is 0.770. The Morgan fingerprint density at radius 3 is 2.38 bits per heavy atom. The number of aliphatic imine (C=N–C) groups is 1. The highest BCUT2D eigenvalue weighted by Crippen LogP contribution is 2.15. The van der Waals surface area contributed by atoms with Crippen molar-refractivity contribution >= 4 is 29.9 Å². The molecule has 2 N–H and O–H groups in total. The fraction of sp³-hybridized carbons (Fsp3) is 0.611. The molecule has 0 unspecified atom stereocenters. The number of guanidine groups is 1. The van der Waals surface area contributed by atoms with Crippen molar-refractivity contribution in [2.45, 2.75) is 59.7 Å². The Balaban J connectivity index is 0.00000338. The lowest BCUT2D eigenvalue weighted by molar-refractivity contribution is 0.525. The van der Waals surface area contributed by atoms with Crippen LogP contribution >= 0.6 is 24.0 Å². The summed E-state index contributed by atoms with van der Waals surface area (Å²) >= 11 is 0. The molecule has 0 aliphatic heterocycles. The average molecular weight is 473 g/mol. The highest BCUT2D eigenvalue weighted by atomic mass is 127. The lowest BCUT2D eigenvalue weighted by Crippen LogP contribution is -2.36. The third kappa shape index (κ3) is 5.46. The van der Waals surface area contributed by atoms with Gasteiger partial charge in [-0.1, -0.05) is 13.8 Å². The van der Waals surface area contributed by atoms with Gasteiger partial charge < -0.3 is 10.6 Å². The summed E-state index contributed by atoms with van der Waals surface area (Å²) in [6, 6.07) is 2.41. The topological polar surface area (TPSA) is 72.1 Å². The van der Waals surface area contributed by atoms with Crippen molar-refractivity contribution in [3.8, 4) is 0 Å². The standard InChI is InChI=1S/C18H31N7.HI/c1-7-16-15(17(8-2)24(6)23-16)12-21-18(19-5)20-11-14-9-10-25(22-14)13(3)4;/h9-10,13H,7-8,11-12H2,1-6H3,(H2,19,20,21);1H. The molecule has 0 aliphatic rings. The van der Waals surface area contributed by atoms with E-state index >= 15 is 0 Å². The van der Waals surface area contributed by atoms with Crippen molar-refractivity contribution in [3.05, 3.63) is 34.9 Å². The molecule has 8 heteroatoms. The number of aryl methyl sites for hydroxylation is 2. The average Bonchev–Trinajstić information content (AvgIpc) is 3.19. The minimum Gasteiger partial charge on any atom is -0.352 e. The largest absolute Gasteiger partial charge is 0.352 e. The first-order valence-corrected chi connectivity index (χ1v) is 9.02. The summed E-state index contributed by atoms with van der Waals surface area (Å²) in [5, 5.41) is 15.9. The fourth-order valence-electron chi connectivity index (χ4n) is 2.92. The first-order valence-electron chi connectivity index (χ1n) is 9.02. The second-order valence-corrected chi connectivity index (χ2v) is 6.36. The molecule has 26 heavy (non-hydrogen) atoms. The summed E-state index contributed by atoms with van der Waals surface area (Å²) in [7, 11) is 3.80. The fourth-order valence-corrected chi connectivity index (χ4v) is 2.92. The van der Waals surface area contributed by atoms with E-state index in [0.29, 0.717) is 12.6 Å². The van der Waals surface area contributed by atoms with Gasteiger partial charge in [0.15, 0.2) is 5.96 Å². The zero-order valence-corrected chi connectivity index (χ0v) is 19.0. The molecule has 2 rings (SSSR count). The molecule has 7 nitrogen and oxygen atoms in total. The van der Waals surface area contributed by atoms with Gasteiger partial charge in [-0.2, -0.15) is 10.2 Å². The molecule has 0 saturated carbocycles. The molecule has 0 bridgehead atoms. The van der Waals surface area contributed by atoms with Gasteiger partial charge in [0.05, 0.1) is 17.9 Å². The Labute approximate surface area is 173 Å². The Hall–Kier alpha value is -1.58. The SMILES string of the molecule is CCc1nn(C)c(CC)c1CNC(=NC)NCc1ccn(C(C)C)n1.I. The van der Waals surface area contributed by atoms with E-state index in [0.717, 1.165) is 36.7 Å². The molecule has 0 amide bonds. The van der Waals surface area contributed by atoms with Gasteiger partial charge in [-0.3, -0.25) is 14.4 Å². The third-order valence-corrected chi connectivity index (χ3v) is 4.31. The normalized spacial score (nSPS) is 11.6. The maximum absolute atomic E-state index is 4.62. The second kappa shape index (κ2) is 10.5. The van der Waals surface area contributed by atoms with E-state index in [1.165, 1.54) is 11.3 Å². The summed E-state index contributed by atoms with van der Waals surface area (Å²) < 4.78 is 3.95. The van der Waals surface area contributed by atoms with Crippen LogP contribution in [0.1, 0.15) is 56.4 Å². The quantitative estimate of drug-likeness (QED) is 0.369. The minimum absolute atomic E-state index is 0. The van der Waals surface area contributed by atoms with Gasteiger partial charge in [0.2, 0.25) is 0 Å². The molecule has 0 saturated heterocycles. The van der Waals surface area contributed by atoms with Crippen molar-refractivity contribution in [2.75, 3.05) is 7.05 Å². The van der Waals surface area contributed by atoms with E-state index < -0.39 is 0 Å². The Morgan fingerprint density at radius 2 is 1.85 bits per heavy atom. The van der Waals surface area contributed by atoms with Crippen LogP contribution in [0, 0.1) is 0 Å². The zero-order chi connectivity index (χ0) is 18.4. The maximum Gasteiger partial charge on any atom is 0.191 e. The van der Waals surface area contributed by atoms with Crippen LogP contribution in [0.15, 0.2) is 17.3 Å². The first kappa shape index (κ1) is 22.5. The second-order valence-electron chi connectivity index (χ2n) is 6.36. The predicted octanol–water partition coefficient (Wildman–Crippen LogP) is 2.81. The Kier molecular flexibility index (Phi) is 9.11. The number of halogens is 1. The van der Waals surface area contributed by atoms with E-state index in [2.05, 4.69) is 53.5 Å². The van der Waals surface area contributed by atoms with Crippen molar-refractivity contribution in [1.29, 1.82) is 0 Å². The summed E-state index contributed by atoms with van der Waals surface area (Å²) in [6.45, 7) is 9.92. The van der Waals surface area contributed by atoms with Gasteiger partial charge in [0.25, 0.3) is 0 Å². The van der Waals surface area contributed by atoms with E-state index in [-0.39, 0.29) is 24.0 Å². The molecule has 0 aliphatic carbocycles. The summed E-state index contributed by atoms with van der Waals surface area (Å²) in [4.78, 5) is 4.31. The van der Waals surface area contributed by atoms with Crippen molar-refractivity contribution in [3.63, 3.8) is 0 Å². The molecule has 146 valence electrons. The van der Waals surface area contributed by atoms with Gasteiger partial charge in [-0.05, 0) is 32.8 Å². The maximum atomic E-state index is 4.62. The highest BCUT2D eigenvalue weighted by molar-refractivity contribution is 14.0. The molecular weight excluding hydrogens is 441 g/mol. The van der Waals surface area contributed by atoms with Crippen LogP contribution in [0.5, 0.6) is 0 Å². The summed E-state index contributed by atoms with van der Waals surface area (Å²) in [5.41, 5.74) is 4.70. The van der Waals surface area contributed by atoms with Crippen LogP contribution in [0.2, 0.25) is 0 Å². The highest BCUT2D eigenvalue weighted by Gasteiger charge is 2.14. The Morgan fingerprint density at radius 1 is 1.15 bits per heavy atom. The number of nitrogens with one attached hydrogen (secondary N) is 2. The van der Waals surface area contributed by atoms with Crippen LogP contribution in [0.25, 0.3) is 0 Å². The lowest BCUT2D eigenvalue weighted by Gasteiger charge is -2.12. The Bertz CT molecular complexity index is 715. The van der Waals surface area contributed by atoms with Crippen LogP contribution in [0.3, 0.4) is 0 Å². The van der Waals surface area contributed by atoms with Crippen LogP contribution in [0.4, 0.5) is 0 Å². The molecule has 0 spiro atoms. The molecule has 2 heterocycles. The van der Waals surface area contributed by atoms with E-state index in [4.69, 9.17) is 0 Å². The van der Waals surface area contributed by atoms with E-state index in [9.17, 15) is 0 Å². The van der Waals surface area contributed by atoms with Crippen LogP contribution in [-0.4, -0.2) is 32.6 Å². The van der Waals surface area contributed by atoms with Gasteiger partial charge in [-0.25, -0.2) is 0 Å². The van der Waals surface area contributed by atoms with Crippen molar-refractivity contribution in [2.24, 2.45) is 12.0 Å². The molecule has 0 radical (unpaired) electrons. The molecule has 0 fully saturated rings. The van der Waals surface area contributed by atoms with Gasteiger partial charge >= 0.3 is 0 Å². The number of aromatic nitrogens is 4. The number of hydrogen-bond acceptors (Lipinski definition) is 3. The molecule has 2 aromatic rings. The molecule has 0 aromatic carbocycles. The third-order valence-electron chi connectivity index (χ3n) is 4.31. The monoisotopic (exact) mass is 473 g/mol. The summed E-state index contributed by atoms with van der Waals surface area (Å²) in [6.07, 6.45) is 3.91. The van der Waals surface area contributed by atoms with Crippen LogP contribution in [-0.2, 0) is 33.0 Å². The molecule has 0 atom stereocenters. The predicted molar refractivity (Wildman–Crippen MR) is 117 cm³/mol. The van der Waals surface area contributed by atoms with E-state index in [1.807, 2.05) is 28.7 Å². The van der Waals surface area contributed by atoms with Gasteiger partial charge in [-0.15, -0.1) is 24.0 Å². The van der Waals surface area contributed by atoms with Gasteiger partial charge in [0.1, 0.15) is 0 Å². The molecular formula is C18H32IN7. The molecule has 2 aromatic heterocycles. The van der Waals surface area contributed by atoms with Crippen molar-refractivity contribution < 1.29 is 0 Å². The number of hydrogen-bond donors (Lipinski definition) is 2. The number of nitrogens with zero attached hydrogens (tertiary/aromatic N) is 5. The first-order chi connectivity index (χ1) is 12.0. The zero-order valence-electron chi connectivity index (χ0n) is 16.7. The van der Waals surface area contributed by atoms with Crippen molar-refractivity contribution in [1.82, 2.24) is 30.2 Å². The smallest absolute Gasteiger partial charge is 0.191 e. The van der Waals surface area contributed by atoms with Gasteiger partial charge in [0, 0.05) is 44.1 Å². The van der Waals surface area contributed by atoms with E-state index in [1.54, 1.807) is 7.05 Å². The minimum atomic E-state index is 0. The van der Waals surface area contributed by atoms with Crippen LogP contribution < -0.4 is 10.6 Å². The number of rotatable bonds is 7. The lowest BCUT2D eigenvalue weighted by atomic mass is 10.1.